The van der Waals surface area contributed by atoms with E-state index in [1.807, 2.05) is 43.3 Å². The van der Waals surface area contributed by atoms with Crippen molar-refractivity contribution in [2.24, 2.45) is 0 Å². The van der Waals surface area contributed by atoms with Gasteiger partial charge >= 0.3 is 0 Å². The number of nitrogens with one attached hydrogen (secondary N) is 2. The Balaban J connectivity index is 1.52. The number of pyridine rings is 1. The Morgan fingerprint density at radius 3 is 2.64 bits per heavy atom. The number of aromatic nitrogens is 2. The van der Waals surface area contributed by atoms with E-state index in [-0.39, 0.29) is 23.3 Å². The fraction of sp³-hybridized carbons (Fsp3) is 0.296. The maximum Gasteiger partial charge on any atom is 0.248 e. The number of thiazole rings is 1. The normalized spacial score (nSPS) is 14.0. The van der Waals surface area contributed by atoms with Crippen LogP contribution in [0.25, 0.3) is 16.0 Å². The van der Waals surface area contributed by atoms with Crippen LogP contribution in [-0.4, -0.2) is 47.3 Å². The Bertz CT molecular complexity index is 1350. The standard InChI is InChI=1S/C27H28N6O2S/c1-5-21-17-30-26(36-21)32-25(35)27(11-12-27)20-9-6-8-18(14-20)19-15-22(28-2)24(29-16-19)31-23(34)10-7-13-33(3)4/h6-10,14-17H,5,11-13H2,1,3-4H3,(H,29,31,34)(H,30,32,35)/b10-7+. The molecule has 2 heterocycles. The summed E-state index contributed by atoms with van der Waals surface area (Å²) in [5, 5.41) is 6.29. The third kappa shape index (κ3) is 5.67. The maximum absolute atomic E-state index is 13.2. The van der Waals surface area contributed by atoms with Crippen LogP contribution in [-0.2, 0) is 21.4 Å². The second kappa shape index (κ2) is 10.8. The minimum absolute atomic E-state index is 0.0444. The third-order valence-corrected chi connectivity index (χ3v) is 7.08. The van der Waals surface area contributed by atoms with Gasteiger partial charge in [-0.1, -0.05) is 37.3 Å². The SMILES string of the molecule is [C-]#[N+]c1cc(-c2cccc(C3(C(=O)Nc4ncc(CC)s4)CC3)c2)cnc1NC(=O)/C=C/CN(C)C. The summed E-state index contributed by atoms with van der Waals surface area (Å²) in [5.41, 5.74) is 2.21. The molecule has 3 aromatic rings. The summed E-state index contributed by atoms with van der Waals surface area (Å²) in [6, 6.07) is 9.50. The van der Waals surface area contributed by atoms with Crippen LogP contribution in [0.3, 0.4) is 0 Å². The molecule has 9 heteroatoms. The lowest BCUT2D eigenvalue weighted by Crippen LogP contribution is -2.27. The molecule has 2 aromatic heterocycles. The van der Waals surface area contributed by atoms with E-state index in [4.69, 9.17) is 6.57 Å². The summed E-state index contributed by atoms with van der Waals surface area (Å²) in [7, 11) is 3.82. The predicted octanol–water partition coefficient (Wildman–Crippen LogP) is 5.04. The minimum atomic E-state index is -0.572. The molecule has 2 N–H and O–H groups in total. The number of hydrogen-bond acceptors (Lipinski definition) is 6. The zero-order valence-corrected chi connectivity index (χ0v) is 21.4. The molecular weight excluding hydrogens is 472 g/mol. The van der Waals surface area contributed by atoms with E-state index in [1.54, 1.807) is 24.5 Å². The molecule has 2 amide bonds. The monoisotopic (exact) mass is 500 g/mol. The Kier molecular flexibility index (Phi) is 7.58. The van der Waals surface area contributed by atoms with Gasteiger partial charge in [0.15, 0.2) is 5.13 Å². The fourth-order valence-electron chi connectivity index (χ4n) is 3.84. The molecule has 4 rings (SSSR count). The predicted molar refractivity (Wildman–Crippen MR) is 143 cm³/mol. The van der Waals surface area contributed by atoms with Gasteiger partial charge in [-0.25, -0.2) is 9.83 Å². The van der Waals surface area contributed by atoms with Crippen molar-refractivity contribution in [3.8, 4) is 11.1 Å². The highest BCUT2D eigenvalue weighted by atomic mass is 32.1. The zero-order chi connectivity index (χ0) is 25.7. The topological polar surface area (TPSA) is 91.6 Å². The van der Waals surface area contributed by atoms with Gasteiger partial charge in [-0.2, -0.15) is 0 Å². The Hall–Kier alpha value is -3.87. The molecular formula is C27H28N6O2S. The third-order valence-electron chi connectivity index (χ3n) is 6.03. The maximum atomic E-state index is 13.2. The average molecular weight is 501 g/mol. The summed E-state index contributed by atoms with van der Waals surface area (Å²) in [4.78, 5) is 40.6. The lowest BCUT2D eigenvalue weighted by Gasteiger charge is -2.16. The number of anilines is 2. The van der Waals surface area contributed by atoms with Crippen molar-refractivity contribution in [3.05, 3.63) is 76.7 Å². The number of amides is 2. The van der Waals surface area contributed by atoms with E-state index in [9.17, 15) is 9.59 Å². The van der Waals surface area contributed by atoms with Crippen LogP contribution in [0, 0.1) is 6.57 Å². The quantitative estimate of drug-likeness (QED) is 0.317. The summed E-state index contributed by atoms with van der Waals surface area (Å²) in [6.45, 7) is 10.3. The number of nitrogens with zero attached hydrogens (tertiary/aromatic N) is 4. The number of aryl methyl sites for hydroxylation is 1. The van der Waals surface area contributed by atoms with Crippen molar-refractivity contribution >= 4 is 39.8 Å². The van der Waals surface area contributed by atoms with Crippen LogP contribution >= 0.6 is 11.3 Å². The average Bonchev–Trinajstić information content (AvgIpc) is 3.57. The first-order chi connectivity index (χ1) is 17.3. The summed E-state index contributed by atoms with van der Waals surface area (Å²) in [5.74, 6) is -0.161. The van der Waals surface area contributed by atoms with Gasteiger partial charge in [0.2, 0.25) is 17.5 Å². The van der Waals surface area contributed by atoms with E-state index in [1.165, 1.54) is 17.4 Å². The van der Waals surface area contributed by atoms with Gasteiger partial charge in [-0.3, -0.25) is 14.6 Å². The molecule has 8 nitrogen and oxygen atoms in total. The number of carbonyl (C=O) groups excluding carboxylic acids is 2. The van der Waals surface area contributed by atoms with Crippen LogP contribution in [0.15, 0.2) is 54.9 Å². The van der Waals surface area contributed by atoms with Crippen LogP contribution in [0.1, 0.15) is 30.2 Å². The van der Waals surface area contributed by atoms with Gasteiger partial charge in [0.1, 0.15) is 5.82 Å². The number of rotatable bonds is 9. The summed E-state index contributed by atoms with van der Waals surface area (Å²) < 4.78 is 0. The molecule has 36 heavy (non-hydrogen) atoms. The van der Waals surface area contributed by atoms with Crippen LogP contribution < -0.4 is 10.6 Å². The molecule has 0 aliphatic heterocycles. The number of hydrogen-bond donors (Lipinski definition) is 2. The molecule has 184 valence electrons. The van der Waals surface area contributed by atoms with Crippen molar-refractivity contribution in [2.75, 3.05) is 31.3 Å². The molecule has 1 aliphatic carbocycles. The van der Waals surface area contributed by atoms with Gasteiger partial charge in [-0.05, 0) is 56.1 Å². The lowest BCUT2D eigenvalue weighted by atomic mass is 9.92. The smallest absolute Gasteiger partial charge is 0.248 e. The van der Waals surface area contributed by atoms with E-state index >= 15 is 0 Å². The first-order valence-corrected chi connectivity index (χ1v) is 12.5. The van der Waals surface area contributed by atoms with Gasteiger partial charge in [0, 0.05) is 29.9 Å². The van der Waals surface area contributed by atoms with Crippen molar-refractivity contribution in [1.82, 2.24) is 14.9 Å². The second-order valence-electron chi connectivity index (χ2n) is 8.96. The molecule has 0 radical (unpaired) electrons. The van der Waals surface area contributed by atoms with Crippen LogP contribution in [0.4, 0.5) is 16.6 Å². The number of benzene rings is 1. The first-order valence-electron chi connectivity index (χ1n) is 11.7. The fourth-order valence-corrected chi connectivity index (χ4v) is 4.58. The van der Waals surface area contributed by atoms with E-state index in [0.29, 0.717) is 11.7 Å². The minimum Gasteiger partial charge on any atom is -0.316 e. The molecule has 1 aromatic carbocycles. The van der Waals surface area contributed by atoms with Crippen molar-refractivity contribution in [1.29, 1.82) is 0 Å². The van der Waals surface area contributed by atoms with E-state index in [2.05, 4.69) is 32.4 Å². The highest BCUT2D eigenvalue weighted by molar-refractivity contribution is 7.15. The molecule has 0 saturated heterocycles. The molecule has 0 bridgehead atoms. The van der Waals surface area contributed by atoms with Gasteiger partial charge in [-0.15, -0.1) is 11.3 Å². The van der Waals surface area contributed by atoms with Gasteiger partial charge in [0.05, 0.1) is 12.0 Å². The Morgan fingerprint density at radius 1 is 1.17 bits per heavy atom. The Labute approximate surface area is 214 Å². The molecule has 1 aliphatic rings. The highest BCUT2D eigenvalue weighted by Gasteiger charge is 2.51. The summed E-state index contributed by atoms with van der Waals surface area (Å²) in [6.07, 6.45) is 9.04. The van der Waals surface area contributed by atoms with E-state index in [0.717, 1.165) is 40.8 Å². The highest BCUT2D eigenvalue weighted by Crippen LogP contribution is 2.50. The molecule has 0 unspecified atom stereocenters. The lowest BCUT2D eigenvalue weighted by molar-refractivity contribution is -0.118. The van der Waals surface area contributed by atoms with Crippen molar-refractivity contribution in [2.45, 2.75) is 31.6 Å². The number of likely N-dealkylation sites (N-methyl/N-ethyl adjacent to an activating group) is 1. The largest absolute Gasteiger partial charge is 0.316 e. The van der Waals surface area contributed by atoms with Gasteiger partial charge < -0.3 is 15.5 Å². The van der Waals surface area contributed by atoms with E-state index < -0.39 is 5.41 Å². The molecule has 1 saturated carbocycles. The first kappa shape index (κ1) is 25.2. The molecule has 1 fully saturated rings. The number of carbonyl (C=O) groups is 2. The summed E-state index contributed by atoms with van der Waals surface area (Å²) >= 11 is 1.50. The molecule has 0 atom stereocenters. The van der Waals surface area contributed by atoms with Crippen molar-refractivity contribution < 1.29 is 9.59 Å². The zero-order valence-electron chi connectivity index (χ0n) is 20.5. The van der Waals surface area contributed by atoms with Crippen LogP contribution in [0.2, 0.25) is 0 Å². The Morgan fingerprint density at radius 2 is 1.97 bits per heavy atom. The van der Waals surface area contributed by atoms with Crippen LogP contribution in [0.5, 0.6) is 0 Å². The molecule has 0 spiro atoms. The van der Waals surface area contributed by atoms with Crippen molar-refractivity contribution in [3.63, 3.8) is 0 Å². The second-order valence-corrected chi connectivity index (χ2v) is 10.1. The van der Waals surface area contributed by atoms with Gasteiger partial charge in [0.25, 0.3) is 0 Å².